The van der Waals surface area contributed by atoms with Gasteiger partial charge in [0, 0.05) is 22.6 Å². The van der Waals surface area contributed by atoms with Crippen molar-refractivity contribution in [2.24, 2.45) is 0 Å². The maximum atomic E-state index is 12.2. The molecule has 0 aromatic heterocycles. The van der Waals surface area contributed by atoms with E-state index in [2.05, 4.69) is 5.32 Å². The Bertz CT molecular complexity index is 656. The van der Waals surface area contributed by atoms with E-state index < -0.39 is 4.92 Å². The summed E-state index contributed by atoms with van der Waals surface area (Å²) in [5, 5.41) is 13.4. The van der Waals surface area contributed by atoms with Crippen LogP contribution in [0.4, 0.5) is 11.4 Å². The maximum absolute atomic E-state index is 12.2. The molecular formula is C15H14N2O3S. The number of non-ortho nitro benzene ring substituents is 1. The summed E-state index contributed by atoms with van der Waals surface area (Å²) in [7, 11) is 0. The summed E-state index contributed by atoms with van der Waals surface area (Å²) in [6, 6.07) is 13.1. The Morgan fingerprint density at radius 1 is 1.19 bits per heavy atom. The van der Waals surface area contributed by atoms with Crippen molar-refractivity contribution in [3.8, 4) is 0 Å². The van der Waals surface area contributed by atoms with Gasteiger partial charge in [-0.05, 0) is 30.0 Å². The molecule has 0 bridgehead atoms. The third kappa shape index (κ3) is 3.82. The molecular weight excluding hydrogens is 288 g/mol. The molecule has 2 aromatic carbocycles. The minimum absolute atomic E-state index is 0.0338. The standard InChI is InChI=1S/C15H14N2O3S/c1-2-21-14-6-4-3-5-13(14)16-15(18)11-7-9-12(10-8-11)17(19)20/h3-10H,2H2,1H3,(H,16,18). The summed E-state index contributed by atoms with van der Waals surface area (Å²) in [4.78, 5) is 23.3. The van der Waals surface area contributed by atoms with Gasteiger partial charge in [-0.15, -0.1) is 11.8 Å². The fourth-order valence-electron chi connectivity index (χ4n) is 1.78. The Balaban J connectivity index is 2.16. The number of nitrogens with zero attached hydrogens (tertiary/aromatic N) is 1. The predicted molar refractivity (Wildman–Crippen MR) is 83.9 cm³/mol. The number of carbonyl (C=O) groups excluding carboxylic acids is 1. The van der Waals surface area contributed by atoms with Crippen molar-refractivity contribution in [3.05, 3.63) is 64.2 Å². The zero-order chi connectivity index (χ0) is 15.2. The molecule has 1 N–H and O–H groups in total. The molecule has 0 heterocycles. The first-order chi connectivity index (χ1) is 10.1. The lowest BCUT2D eigenvalue weighted by Crippen LogP contribution is -2.12. The van der Waals surface area contributed by atoms with Gasteiger partial charge in [-0.25, -0.2) is 0 Å². The number of para-hydroxylation sites is 1. The van der Waals surface area contributed by atoms with Gasteiger partial charge < -0.3 is 5.32 Å². The second-order valence-corrected chi connectivity index (χ2v) is 5.49. The molecule has 21 heavy (non-hydrogen) atoms. The highest BCUT2D eigenvalue weighted by atomic mass is 32.2. The summed E-state index contributed by atoms with van der Waals surface area (Å²) >= 11 is 1.64. The van der Waals surface area contributed by atoms with Crippen molar-refractivity contribution < 1.29 is 9.72 Å². The van der Waals surface area contributed by atoms with Crippen LogP contribution in [0.2, 0.25) is 0 Å². The third-order valence-electron chi connectivity index (χ3n) is 2.78. The molecule has 0 saturated carbocycles. The summed E-state index contributed by atoms with van der Waals surface area (Å²) in [6.45, 7) is 2.04. The van der Waals surface area contributed by atoms with Gasteiger partial charge in [0.25, 0.3) is 11.6 Å². The van der Waals surface area contributed by atoms with Crippen LogP contribution in [0, 0.1) is 10.1 Å². The van der Waals surface area contributed by atoms with E-state index in [-0.39, 0.29) is 11.6 Å². The van der Waals surface area contributed by atoms with Crippen molar-refractivity contribution >= 4 is 29.0 Å². The van der Waals surface area contributed by atoms with Crippen molar-refractivity contribution in [2.45, 2.75) is 11.8 Å². The molecule has 0 radical (unpaired) electrons. The number of nitro benzene ring substituents is 1. The summed E-state index contributed by atoms with van der Waals surface area (Å²) in [5.74, 6) is 0.624. The van der Waals surface area contributed by atoms with E-state index in [9.17, 15) is 14.9 Å². The minimum atomic E-state index is -0.491. The summed E-state index contributed by atoms with van der Waals surface area (Å²) in [5.41, 5.74) is 1.10. The second-order valence-electron chi connectivity index (χ2n) is 4.19. The first kappa shape index (κ1) is 15.1. The quantitative estimate of drug-likeness (QED) is 0.515. The fourth-order valence-corrected chi connectivity index (χ4v) is 2.54. The average Bonchev–Trinajstić information content (AvgIpc) is 2.49. The van der Waals surface area contributed by atoms with Crippen molar-refractivity contribution in [1.82, 2.24) is 0 Å². The minimum Gasteiger partial charge on any atom is -0.321 e. The smallest absolute Gasteiger partial charge is 0.269 e. The molecule has 108 valence electrons. The van der Waals surface area contributed by atoms with Gasteiger partial charge in [-0.3, -0.25) is 14.9 Å². The van der Waals surface area contributed by atoms with Gasteiger partial charge in [0.05, 0.1) is 10.6 Å². The lowest BCUT2D eigenvalue weighted by Gasteiger charge is -2.09. The van der Waals surface area contributed by atoms with E-state index in [0.29, 0.717) is 5.56 Å². The predicted octanol–water partition coefficient (Wildman–Crippen LogP) is 3.96. The van der Waals surface area contributed by atoms with Gasteiger partial charge >= 0.3 is 0 Å². The number of anilines is 1. The molecule has 0 unspecified atom stereocenters. The number of amides is 1. The Morgan fingerprint density at radius 3 is 2.48 bits per heavy atom. The maximum Gasteiger partial charge on any atom is 0.269 e. The molecule has 0 aliphatic rings. The van der Waals surface area contributed by atoms with Crippen LogP contribution < -0.4 is 5.32 Å². The van der Waals surface area contributed by atoms with Crippen molar-refractivity contribution in [3.63, 3.8) is 0 Å². The van der Waals surface area contributed by atoms with Gasteiger partial charge in [-0.2, -0.15) is 0 Å². The normalized spacial score (nSPS) is 10.1. The Morgan fingerprint density at radius 2 is 1.86 bits per heavy atom. The second kappa shape index (κ2) is 6.90. The number of benzene rings is 2. The Labute approximate surface area is 126 Å². The largest absolute Gasteiger partial charge is 0.321 e. The van der Waals surface area contributed by atoms with Gasteiger partial charge in [-0.1, -0.05) is 19.1 Å². The van der Waals surface area contributed by atoms with E-state index >= 15 is 0 Å². The number of nitrogens with one attached hydrogen (secondary N) is 1. The first-order valence-corrected chi connectivity index (χ1v) is 7.38. The molecule has 0 atom stereocenters. The SMILES string of the molecule is CCSc1ccccc1NC(=O)c1ccc([N+](=O)[O-])cc1. The molecule has 0 aliphatic heterocycles. The van der Waals surface area contributed by atoms with Crippen LogP contribution in [0.3, 0.4) is 0 Å². The number of hydrogen-bond donors (Lipinski definition) is 1. The number of nitro groups is 1. The van der Waals surface area contributed by atoms with Crippen molar-refractivity contribution in [1.29, 1.82) is 0 Å². The molecule has 0 fully saturated rings. The molecule has 6 heteroatoms. The monoisotopic (exact) mass is 302 g/mol. The van der Waals surface area contributed by atoms with E-state index in [4.69, 9.17) is 0 Å². The zero-order valence-electron chi connectivity index (χ0n) is 11.4. The summed E-state index contributed by atoms with van der Waals surface area (Å²) < 4.78 is 0. The molecule has 5 nitrogen and oxygen atoms in total. The Kier molecular flexibility index (Phi) is 4.94. The van der Waals surface area contributed by atoms with Crippen LogP contribution in [0.25, 0.3) is 0 Å². The zero-order valence-corrected chi connectivity index (χ0v) is 12.2. The highest BCUT2D eigenvalue weighted by Gasteiger charge is 2.11. The summed E-state index contributed by atoms with van der Waals surface area (Å²) in [6.07, 6.45) is 0. The molecule has 0 saturated heterocycles. The van der Waals surface area contributed by atoms with Crippen LogP contribution in [0.1, 0.15) is 17.3 Å². The molecule has 1 amide bonds. The molecule has 2 aromatic rings. The highest BCUT2D eigenvalue weighted by Crippen LogP contribution is 2.27. The van der Waals surface area contributed by atoms with Gasteiger partial charge in [0.15, 0.2) is 0 Å². The van der Waals surface area contributed by atoms with Crippen LogP contribution in [0.15, 0.2) is 53.4 Å². The van der Waals surface area contributed by atoms with Crippen LogP contribution in [-0.2, 0) is 0 Å². The van der Waals surface area contributed by atoms with E-state index in [1.807, 2.05) is 31.2 Å². The third-order valence-corrected chi connectivity index (χ3v) is 3.73. The van der Waals surface area contributed by atoms with Crippen LogP contribution >= 0.6 is 11.8 Å². The first-order valence-electron chi connectivity index (χ1n) is 6.39. The van der Waals surface area contributed by atoms with Crippen LogP contribution in [-0.4, -0.2) is 16.6 Å². The topological polar surface area (TPSA) is 72.2 Å². The van der Waals surface area contributed by atoms with Crippen LogP contribution in [0.5, 0.6) is 0 Å². The van der Waals surface area contributed by atoms with E-state index in [1.54, 1.807) is 11.8 Å². The number of rotatable bonds is 5. The highest BCUT2D eigenvalue weighted by molar-refractivity contribution is 7.99. The van der Waals surface area contributed by atoms with E-state index in [1.165, 1.54) is 24.3 Å². The van der Waals surface area contributed by atoms with Gasteiger partial charge in [0.2, 0.25) is 0 Å². The number of carbonyl (C=O) groups is 1. The number of hydrogen-bond acceptors (Lipinski definition) is 4. The molecule has 0 aliphatic carbocycles. The van der Waals surface area contributed by atoms with Gasteiger partial charge in [0.1, 0.15) is 0 Å². The average molecular weight is 302 g/mol. The van der Waals surface area contributed by atoms with E-state index in [0.717, 1.165) is 16.3 Å². The molecule has 2 rings (SSSR count). The fraction of sp³-hybridized carbons (Fsp3) is 0.133. The molecule has 0 spiro atoms. The lowest BCUT2D eigenvalue weighted by atomic mass is 10.2. The number of thioether (sulfide) groups is 1. The van der Waals surface area contributed by atoms with Crippen molar-refractivity contribution in [2.75, 3.05) is 11.1 Å². The lowest BCUT2D eigenvalue weighted by molar-refractivity contribution is -0.384. The Hall–Kier alpha value is -2.34.